The second kappa shape index (κ2) is 9.73. The molecule has 1 aliphatic heterocycles. The second-order valence-corrected chi connectivity index (χ2v) is 7.68. The molecule has 1 unspecified atom stereocenters. The molecule has 1 atom stereocenters. The maximum absolute atomic E-state index is 14.1. The fraction of sp³-hybridized carbons (Fsp3) is 0.231. The van der Waals surface area contributed by atoms with E-state index in [9.17, 15) is 14.0 Å². The highest BCUT2D eigenvalue weighted by Gasteiger charge is 2.35. The van der Waals surface area contributed by atoms with Crippen LogP contribution in [0.5, 0.6) is 11.5 Å². The van der Waals surface area contributed by atoms with E-state index in [4.69, 9.17) is 9.47 Å². The van der Waals surface area contributed by atoms with Crippen molar-refractivity contribution in [2.45, 2.75) is 25.9 Å². The minimum absolute atomic E-state index is 0.0504. The highest BCUT2D eigenvalue weighted by Crippen LogP contribution is 2.37. The molecule has 170 valence electrons. The smallest absolute Gasteiger partial charge is 0.255 e. The fourth-order valence-corrected chi connectivity index (χ4v) is 4.04. The summed E-state index contributed by atoms with van der Waals surface area (Å²) in [5.74, 6) is 0.0195. The summed E-state index contributed by atoms with van der Waals surface area (Å²) in [6, 6.07) is 18.2. The third-order valence-electron chi connectivity index (χ3n) is 5.62. The lowest BCUT2D eigenvalue weighted by Crippen LogP contribution is -2.32. The van der Waals surface area contributed by atoms with Gasteiger partial charge in [0, 0.05) is 12.1 Å². The predicted molar refractivity (Wildman–Crippen MR) is 123 cm³/mol. The van der Waals surface area contributed by atoms with Crippen LogP contribution in [-0.4, -0.2) is 30.4 Å². The number of anilines is 1. The number of nitrogens with zero attached hydrogens (tertiary/aromatic N) is 1. The zero-order valence-corrected chi connectivity index (χ0v) is 18.5. The van der Waals surface area contributed by atoms with E-state index in [0.29, 0.717) is 30.2 Å². The molecule has 1 heterocycles. The molecule has 1 N–H and O–H groups in total. The van der Waals surface area contributed by atoms with Crippen LogP contribution in [0, 0.1) is 5.82 Å². The first kappa shape index (κ1) is 22.3. The van der Waals surface area contributed by atoms with Gasteiger partial charge in [-0.15, -0.1) is 0 Å². The molecule has 3 aromatic rings. The van der Waals surface area contributed by atoms with Crippen LogP contribution in [0.25, 0.3) is 0 Å². The maximum Gasteiger partial charge on any atom is 0.255 e. The van der Waals surface area contributed by atoms with Crippen molar-refractivity contribution in [2.75, 3.05) is 19.0 Å². The molecule has 33 heavy (non-hydrogen) atoms. The number of para-hydroxylation sites is 1. The number of rotatable bonds is 8. The molecule has 0 radical (unpaired) electrons. The average molecular weight is 448 g/mol. The molecule has 3 aromatic carbocycles. The van der Waals surface area contributed by atoms with Crippen molar-refractivity contribution in [3.8, 4) is 11.5 Å². The van der Waals surface area contributed by atoms with E-state index in [1.165, 1.54) is 12.1 Å². The average Bonchev–Trinajstić information content (AvgIpc) is 3.16. The van der Waals surface area contributed by atoms with E-state index in [1.807, 2.05) is 31.2 Å². The summed E-state index contributed by atoms with van der Waals surface area (Å²) in [6.45, 7) is 2.73. The second-order valence-electron chi connectivity index (χ2n) is 7.68. The molecule has 1 aliphatic rings. The van der Waals surface area contributed by atoms with Gasteiger partial charge in [-0.3, -0.25) is 9.59 Å². The van der Waals surface area contributed by atoms with Crippen molar-refractivity contribution in [2.24, 2.45) is 0 Å². The Balaban J connectivity index is 1.66. The molecular weight excluding hydrogens is 423 g/mol. The Labute approximate surface area is 191 Å². The molecule has 6 nitrogen and oxygen atoms in total. The monoisotopic (exact) mass is 448 g/mol. The Bertz CT molecular complexity index is 1180. The summed E-state index contributed by atoms with van der Waals surface area (Å²) in [7, 11) is 1.54. The van der Waals surface area contributed by atoms with Gasteiger partial charge in [0.2, 0.25) is 5.91 Å². The van der Waals surface area contributed by atoms with Crippen LogP contribution in [0.3, 0.4) is 0 Å². The number of amides is 2. The third-order valence-corrected chi connectivity index (χ3v) is 5.62. The summed E-state index contributed by atoms with van der Waals surface area (Å²) in [5.41, 5.74) is 2.34. The molecular formula is C26H25FN2O4. The Kier molecular flexibility index (Phi) is 6.58. The number of hydrogen-bond donors (Lipinski definition) is 1. The van der Waals surface area contributed by atoms with E-state index in [-0.39, 0.29) is 18.0 Å². The molecule has 4 rings (SSSR count). The van der Waals surface area contributed by atoms with Crippen LogP contribution in [0.2, 0.25) is 0 Å². The minimum atomic E-state index is -0.582. The lowest BCUT2D eigenvalue weighted by Gasteiger charge is -2.28. The van der Waals surface area contributed by atoms with Gasteiger partial charge in [-0.25, -0.2) is 4.39 Å². The lowest BCUT2D eigenvalue weighted by atomic mass is 10.0. The fourth-order valence-electron chi connectivity index (χ4n) is 4.04. The number of hydrogen-bond acceptors (Lipinski definition) is 4. The van der Waals surface area contributed by atoms with Crippen LogP contribution in [0.4, 0.5) is 10.1 Å². The van der Waals surface area contributed by atoms with Crippen LogP contribution in [-0.2, 0) is 11.3 Å². The van der Waals surface area contributed by atoms with Gasteiger partial charge in [0.1, 0.15) is 5.82 Å². The number of fused-ring (bicyclic) bond motifs is 1. The Morgan fingerprint density at radius 1 is 1.09 bits per heavy atom. The first-order valence-electron chi connectivity index (χ1n) is 10.8. The molecule has 7 heteroatoms. The highest BCUT2D eigenvalue weighted by atomic mass is 19.1. The normalized spacial score (nSPS) is 13.4. The van der Waals surface area contributed by atoms with Crippen molar-refractivity contribution in [1.29, 1.82) is 0 Å². The number of methoxy groups -OCH3 is 1. The highest BCUT2D eigenvalue weighted by molar-refractivity contribution is 5.99. The zero-order chi connectivity index (χ0) is 23.4. The summed E-state index contributed by atoms with van der Waals surface area (Å²) in [6.07, 6.45) is -0.0504. The molecule has 0 saturated carbocycles. The third kappa shape index (κ3) is 4.67. The zero-order valence-electron chi connectivity index (χ0n) is 18.5. The summed E-state index contributed by atoms with van der Waals surface area (Å²) < 4.78 is 25.1. The number of halogens is 1. The Hall–Kier alpha value is -3.87. The van der Waals surface area contributed by atoms with E-state index < -0.39 is 17.8 Å². The standard InChI is InChI=1S/C26H25FN2O4/c1-3-33-23-13-12-17(14-24(23)32-2)22(15-25(30)28-21-11-7-6-10-20(21)27)29-16-18-8-4-5-9-19(18)26(29)31/h4-14,22H,3,15-16H2,1-2H3,(H,28,30). The minimum Gasteiger partial charge on any atom is -0.493 e. The maximum atomic E-state index is 14.1. The van der Waals surface area contributed by atoms with Gasteiger partial charge in [0.05, 0.1) is 31.9 Å². The van der Waals surface area contributed by atoms with Gasteiger partial charge >= 0.3 is 0 Å². The number of carbonyl (C=O) groups is 2. The number of ether oxygens (including phenoxy) is 2. The first-order valence-corrected chi connectivity index (χ1v) is 10.8. The van der Waals surface area contributed by atoms with Crippen LogP contribution in [0.15, 0.2) is 66.7 Å². The molecule has 0 spiro atoms. The molecule has 2 amide bonds. The number of carbonyl (C=O) groups excluding carboxylic acids is 2. The molecule has 0 bridgehead atoms. The summed E-state index contributed by atoms with van der Waals surface area (Å²) >= 11 is 0. The Morgan fingerprint density at radius 2 is 1.85 bits per heavy atom. The van der Waals surface area contributed by atoms with Gasteiger partial charge in [-0.1, -0.05) is 36.4 Å². The predicted octanol–water partition coefficient (Wildman–Crippen LogP) is 4.96. The van der Waals surface area contributed by atoms with Crippen LogP contribution in [0.1, 0.15) is 40.9 Å². The van der Waals surface area contributed by atoms with Gasteiger partial charge in [-0.2, -0.15) is 0 Å². The lowest BCUT2D eigenvalue weighted by molar-refractivity contribution is -0.117. The SMILES string of the molecule is CCOc1ccc(C(CC(=O)Nc2ccccc2F)N2Cc3ccccc3C2=O)cc1OC. The van der Waals surface area contributed by atoms with Crippen molar-refractivity contribution in [3.63, 3.8) is 0 Å². The van der Waals surface area contributed by atoms with Crippen LogP contribution >= 0.6 is 0 Å². The number of benzene rings is 3. The quantitative estimate of drug-likeness (QED) is 0.529. The Morgan fingerprint density at radius 3 is 2.58 bits per heavy atom. The van der Waals surface area contributed by atoms with Crippen molar-refractivity contribution in [3.05, 3.63) is 89.2 Å². The van der Waals surface area contributed by atoms with Gasteiger partial charge in [0.15, 0.2) is 11.5 Å². The summed E-state index contributed by atoms with van der Waals surface area (Å²) in [5, 5.41) is 2.62. The van der Waals surface area contributed by atoms with Gasteiger partial charge in [0.25, 0.3) is 5.91 Å². The largest absolute Gasteiger partial charge is 0.493 e. The summed E-state index contributed by atoms with van der Waals surface area (Å²) in [4.78, 5) is 27.8. The van der Waals surface area contributed by atoms with E-state index >= 15 is 0 Å². The van der Waals surface area contributed by atoms with Gasteiger partial charge in [-0.05, 0) is 48.4 Å². The number of nitrogens with one attached hydrogen (secondary N) is 1. The molecule has 0 aliphatic carbocycles. The molecule has 0 aromatic heterocycles. The van der Waals surface area contributed by atoms with E-state index in [0.717, 1.165) is 11.1 Å². The van der Waals surface area contributed by atoms with Crippen molar-refractivity contribution in [1.82, 2.24) is 4.90 Å². The van der Waals surface area contributed by atoms with E-state index in [2.05, 4.69) is 5.32 Å². The van der Waals surface area contributed by atoms with Crippen LogP contribution < -0.4 is 14.8 Å². The first-order chi connectivity index (χ1) is 16.0. The molecule has 0 fully saturated rings. The topological polar surface area (TPSA) is 67.9 Å². The molecule has 0 saturated heterocycles. The van der Waals surface area contributed by atoms with Crippen molar-refractivity contribution >= 4 is 17.5 Å². The van der Waals surface area contributed by atoms with Crippen molar-refractivity contribution < 1.29 is 23.5 Å². The van der Waals surface area contributed by atoms with Gasteiger partial charge < -0.3 is 19.7 Å². The van der Waals surface area contributed by atoms with E-state index in [1.54, 1.807) is 42.3 Å².